The van der Waals surface area contributed by atoms with Crippen LogP contribution in [0.4, 0.5) is 10.1 Å². The summed E-state index contributed by atoms with van der Waals surface area (Å²) in [4.78, 5) is 25.9. The van der Waals surface area contributed by atoms with E-state index in [2.05, 4.69) is 10.2 Å². The molecule has 0 spiro atoms. The molecule has 1 heterocycles. The Morgan fingerprint density at radius 2 is 1.78 bits per heavy atom. The van der Waals surface area contributed by atoms with E-state index < -0.39 is 5.25 Å². The Labute approximate surface area is 160 Å². The zero-order valence-electron chi connectivity index (χ0n) is 14.5. The van der Waals surface area contributed by atoms with Crippen molar-refractivity contribution >= 4 is 40.1 Å². The van der Waals surface area contributed by atoms with Crippen molar-refractivity contribution in [1.82, 2.24) is 0 Å². The number of nitrogens with two attached hydrogens (primary N) is 1. The van der Waals surface area contributed by atoms with Crippen LogP contribution in [-0.4, -0.2) is 27.9 Å². The number of hydrogen-bond acceptors (Lipinski definition) is 5. The fourth-order valence-corrected chi connectivity index (χ4v) is 3.40. The molecule has 1 aliphatic rings. The van der Waals surface area contributed by atoms with E-state index in [-0.39, 0.29) is 29.2 Å². The normalized spacial score (nSPS) is 18.3. The molecule has 3 rings (SSSR count). The molecule has 0 radical (unpaired) electrons. The number of halogens is 1. The van der Waals surface area contributed by atoms with Crippen LogP contribution in [0.25, 0.3) is 0 Å². The predicted molar refractivity (Wildman–Crippen MR) is 105 cm³/mol. The summed E-state index contributed by atoms with van der Waals surface area (Å²) >= 11 is 1.01. The average Bonchev–Trinajstić information content (AvgIpc) is 2.94. The summed E-state index contributed by atoms with van der Waals surface area (Å²) in [7, 11) is 0. The Balaban J connectivity index is 1.68. The average molecular weight is 384 g/mol. The standard InChI is InChI=1S/C19H17FN4O2S/c1-12(13-7-9-14(20)10-8-13)22-23-19(21)27-16-11-17(25)24(18(16)26)15-5-3-2-4-6-15/h2-10,16H,11H2,1H3,(H2,21,23)/b22-12-/t16-/m0/s1. The second kappa shape index (κ2) is 8.13. The molecule has 0 saturated carbocycles. The first-order valence-corrected chi connectivity index (χ1v) is 9.06. The molecule has 138 valence electrons. The van der Waals surface area contributed by atoms with Crippen molar-refractivity contribution in [2.45, 2.75) is 18.6 Å². The van der Waals surface area contributed by atoms with Gasteiger partial charge in [-0.25, -0.2) is 9.29 Å². The molecular weight excluding hydrogens is 367 g/mol. The van der Waals surface area contributed by atoms with Crippen molar-refractivity contribution < 1.29 is 14.0 Å². The number of rotatable bonds is 4. The van der Waals surface area contributed by atoms with Crippen LogP contribution < -0.4 is 10.6 Å². The van der Waals surface area contributed by atoms with Crippen molar-refractivity contribution in [3.05, 3.63) is 66.0 Å². The Kier molecular flexibility index (Phi) is 5.66. The maximum atomic E-state index is 13.0. The van der Waals surface area contributed by atoms with E-state index in [1.807, 2.05) is 6.07 Å². The van der Waals surface area contributed by atoms with Gasteiger partial charge in [0.25, 0.3) is 0 Å². The number of anilines is 1. The number of para-hydroxylation sites is 1. The molecule has 2 aromatic rings. The number of carbonyl (C=O) groups excluding carboxylic acids is 2. The maximum absolute atomic E-state index is 13.0. The van der Waals surface area contributed by atoms with Gasteiger partial charge < -0.3 is 5.73 Å². The van der Waals surface area contributed by atoms with E-state index in [0.29, 0.717) is 17.0 Å². The molecule has 8 heteroatoms. The van der Waals surface area contributed by atoms with Gasteiger partial charge in [-0.15, -0.1) is 5.10 Å². The molecule has 0 unspecified atom stereocenters. The minimum atomic E-state index is -0.636. The van der Waals surface area contributed by atoms with Gasteiger partial charge in [-0.2, -0.15) is 5.10 Å². The predicted octanol–water partition coefficient (Wildman–Crippen LogP) is 2.93. The van der Waals surface area contributed by atoms with Gasteiger partial charge in [0.1, 0.15) is 11.1 Å². The molecule has 0 bridgehead atoms. The highest BCUT2D eigenvalue weighted by atomic mass is 32.2. The van der Waals surface area contributed by atoms with Crippen molar-refractivity contribution in [2.75, 3.05) is 4.90 Å². The number of thioether (sulfide) groups is 1. The number of hydrogen-bond donors (Lipinski definition) is 1. The Bertz CT molecular complexity index is 913. The summed E-state index contributed by atoms with van der Waals surface area (Å²) < 4.78 is 13.0. The van der Waals surface area contributed by atoms with Crippen LogP contribution in [0.2, 0.25) is 0 Å². The van der Waals surface area contributed by atoms with Crippen LogP contribution in [0.3, 0.4) is 0 Å². The largest absolute Gasteiger partial charge is 0.377 e. The first kappa shape index (κ1) is 18.8. The van der Waals surface area contributed by atoms with Gasteiger partial charge in [0, 0.05) is 6.42 Å². The highest BCUT2D eigenvalue weighted by Gasteiger charge is 2.40. The van der Waals surface area contributed by atoms with Crippen LogP contribution in [0.15, 0.2) is 64.8 Å². The molecule has 2 amide bonds. The van der Waals surface area contributed by atoms with Crippen molar-refractivity contribution in [3.8, 4) is 0 Å². The highest BCUT2D eigenvalue weighted by molar-refractivity contribution is 8.14. The maximum Gasteiger partial charge on any atom is 0.247 e. The zero-order valence-corrected chi connectivity index (χ0v) is 15.3. The number of nitrogens with zero attached hydrogens (tertiary/aromatic N) is 3. The van der Waals surface area contributed by atoms with Gasteiger partial charge in [-0.1, -0.05) is 42.1 Å². The molecule has 2 N–H and O–H groups in total. The molecule has 2 aromatic carbocycles. The summed E-state index contributed by atoms with van der Waals surface area (Å²) in [6, 6.07) is 14.6. The van der Waals surface area contributed by atoms with E-state index in [1.165, 1.54) is 12.1 Å². The SMILES string of the molecule is C/C(=N/N=C(N)S[C@H]1CC(=O)N(c2ccccc2)C1=O)c1ccc(F)cc1. The van der Waals surface area contributed by atoms with E-state index >= 15 is 0 Å². The molecular formula is C19H17FN4O2S. The van der Waals surface area contributed by atoms with Gasteiger partial charge in [0.05, 0.1) is 11.4 Å². The third-order valence-electron chi connectivity index (χ3n) is 3.94. The monoisotopic (exact) mass is 384 g/mol. The molecule has 0 aliphatic carbocycles. The third kappa shape index (κ3) is 4.40. The topological polar surface area (TPSA) is 88.1 Å². The molecule has 1 saturated heterocycles. The molecule has 1 aliphatic heterocycles. The lowest BCUT2D eigenvalue weighted by molar-refractivity contribution is -0.121. The van der Waals surface area contributed by atoms with E-state index in [1.54, 1.807) is 43.3 Å². The quantitative estimate of drug-likeness (QED) is 0.380. The van der Waals surface area contributed by atoms with Gasteiger partial charge in [-0.05, 0) is 36.8 Å². The second-order valence-electron chi connectivity index (χ2n) is 5.84. The lowest BCUT2D eigenvalue weighted by Gasteiger charge is -2.14. The Hall–Kier alpha value is -3.00. The smallest absolute Gasteiger partial charge is 0.247 e. The fraction of sp³-hybridized carbons (Fsp3) is 0.158. The number of imide groups is 1. The van der Waals surface area contributed by atoms with E-state index in [4.69, 9.17) is 5.73 Å². The number of benzene rings is 2. The van der Waals surface area contributed by atoms with Gasteiger partial charge in [-0.3, -0.25) is 9.59 Å². The van der Waals surface area contributed by atoms with Gasteiger partial charge >= 0.3 is 0 Å². The van der Waals surface area contributed by atoms with Crippen LogP contribution in [0, 0.1) is 5.82 Å². The first-order valence-electron chi connectivity index (χ1n) is 8.18. The van der Waals surface area contributed by atoms with Crippen LogP contribution >= 0.6 is 11.8 Å². The number of amidine groups is 1. The summed E-state index contributed by atoms with van der Waals surface area (Å²) in [5, 5.41) is 7.37. The van der Waals surface area contributed by atoms with Crippen LogP contribution in [-0.2, 0) is 9.59 Å². The molecule has 1 atom stereocenters. The fourth-order valence-electron chi connectivity index (χ4n) is 2.59. The lowest BCUT2D eigenvalue weighted by Crippen LogP contribution is -2.31. The van der Waals surface area contributed by atoms with Crippen molar-refractivity contribution in [3.63, 3.8) is 0 Å². The second-order valence-corrected chi connectivity index (χ2v) is 7.07. The van der Waals surface area contributed by atoms with Crippen molar-refractivity contribution in [1.29, 1.82) is 0 Å². The minimum Gasteiger partial charge on any atom is -0.377 e. The molecule has 1 fully saturated rings. The van der Waals surface area contributed by atoms with Crippen LogP contribution in [0.1, 0.15) is 18.9 Å². The number of carbonyl (C=O) groups is 2. The summed E-state index contributed by atoms with van der Waals surface area (Å²) in [5.74, 6) is -0.936. The lowest BCUT2D eigenvalue weighted by atomic mass is 10.1. The summed E-state index contributed by atoms with van der Waals surface area (Å²) in [5.41, 5.74) is 7.66. The van der Waals surface area contributed by atoms with Gasteiger partial charge in [0.15, 0.2) is 5.17 Å². The van der Waals surface area contributed by atoms with E-state index in [0.717, 1.165) is 16.7 Å². The Morgan fingerprint density at radius 3 is 2.44 bits per heavy atom. The number of amides is 2. The molecule has 0 aromatic heterocycles. The Morgan fingerprint density at radius 1 is 1.11 bits per heavy atom. The highest BCUT2D eigenvalue weighted by Crippen LogP contribution is 2.29. The summed E-state index contributed by atoms with van der Waals surface area (Å²) in [6.45, 7) is 1.72. The van der Waals surface area contributed by atoms with Crippen LogP contribution in [0.5, 0.6) is 0 Å². The van der Waals surface area contributed by atoms with Gasteiger partial charge in [0.2, 0.25) is 11.8 Å². The third-order valence-corrected chi connectivity index (χ3v) is 4.92. The van der Waals surface area contributed by atoms with E-state index in [9.17, 15) is 14.0 Å². The summed E-state index contributed by atoms with van der Waals surface area (Å²) in [6.07, 6.45) is 0.0509. The first-order chi connectivity index (χ1) is 13.0. The van der Waals surface area contributed by atoms with Crippen molar-refractivity contribution in [2.24, 2.45) is 15.9 Å². The zero-order chi connectivity index (χ0) is 19.4. The molecule has 6 nitrogen and oxygen atoms in total. The minimum absolute atomic E-state index is 0.0509. The molecule has 27 heavy (non-hydrogen) atoms.